The van der Waals surface area contributed by atoms with Crippen LogP contribution in [0.5, 0.6) is 0 Å². The van der Waals surface area contributed by atoms with Crippen molar-refractivity contribution in [3.8, 4) is 0 Å². The third-order valence-corrected chi connectivity index (χ3v) is 2.67. The van der Waals surface area contributed by atoms with Gasteiger partial charge in [-0.2, -0.15) is 0 Å². The van der Waals surface area contributed by atoms with Crippen molar-refractivity contribution in [1.82, 2.24) is 0 Å². The standard InChI is InChI=1S/C13H16O3/c1-8-5-10(3)11(6-9(8)2)12(14)7-13(15)16-4/h5-6H,7H2,1-4H3. The van der Waals surface area contributed by atoms with Crippen LogP contribution in [0.15, 0.2) is 12.1 Å². The van der Waals surface area contributed by atoms with E-state index >= 15 is 0 Å². The summed E-state index contributed by atoms with van der Waals surface area (Å²) >= 11 is 0. The number of ketones is 1. The SMILES string of the molecule is COC(=O)CC(=O)c1cc(C)c(C)cc1C. The largest absolute Gasteiger partial charge is 0.469 e. The van der Waals surface area contributed by atoms with Gasteiger partial charge >= 0.3 is 5.97 Å². The van der Waals surface area contributed by atoms with E-state index in [-0.39, 0.29) is 12.2 Å². The van der Waals surface area contributed by atoms with Crippen molar-refractivity contribution >= 4 is 11.8 Å². The molecule has 0 aliphatic rings. The normalized spacial score (nSPS) is 10.0. The van der Waals surface area contributed by atoms with Crippen molar-refractivity contribution in [2.45, 2.75) is 27.2 Å². The average Bonchev–Trinajstić information content (AvgIpc) is 2.23. The lowest BCUT2D eigenvalue weighted by Gasteiger charge is -2.08. The molecular formula is C13H16O3. The van der Waals surface area contributed by atoms with Crippen LogP contribution in [0, 0.1) is 20.8 Å². The summed E-state index contributed by atoms with van der Waals surface area (Å²) in [7, 11) is 1.28. The fourth-order valence-electron chi connectivity index (χ4n) is 1.56. The van der Waals surface area contributed by atoms with Gasteiger partial charge in [-0.15, -0.1) is 0 Å². The van der Waals surface area contributed by atoms with E-state index in [4.69, 9.17) is 0 Å². The molecule has 0 spiro atoms. The third kappa shape index (κ3) is 2.69. The molecule has 1 rings (SSSR count). The van der Waals surface area contributed by atoms with Crippen molar-refractivity contribution in [3.05, 3.63) is 34.4 Å². The van der Waals surface area contributed by atoms with E-state index in [0.717, 1.165) is 16.7 Å². The van der Waals surface area contributed by atoms with Gasteiger partial charge in [0.15, 0.2) is 5.78 Å². The number of carbonyl (C=O) groups is 2. The van der Waals surface area contributed by atoms with E-state index in [1.165, 1.54) is 7.11 Å². The number of rotatable bonds is 3. The van der Waals surface area contributed by atoms with Crippen LogP contribution in [0.2, 0.25) is 0 Å². The zero-order valence-electron chi connectivity index (χ0n) is 10.1. The van der Waals surface area contributed by atoms with Crippen molar-refractivity contribution in [3.63, 3.8) is 0 Å². The highest BCUT2D eigenvalue weighted by Crippen LogP contribution is 2.17. The van der Waals surface area contributed by atoms with Crippen LogP contribution in [0.25, 0.3) is 0 Å². The molecule has 0 heterocycles. The number of methoxy groups -OCH3 is 1. The van der Waals surface area contributed by atoms with Crippen LogP contribution in [-0.4, -0.2) is 18.9 Å². The molecule has 0 aliphatic heterocycles. The Kier molecular flexibility index (Phi) is 3.82. The van der Waals surface area contributed by atoms with Crippen LogP contribution >= 0.6 is 0 Å². The summed E-state index contributed by atoms with van der Waals surface area (Å²) < 4.78 is 4.48. The monoisotopic (exact) mass is 220 g/mol. The molecular weight excluding hydrogens is 204 g/mol. The van der Waals surface area contributed by atoms with Gasteiger partial charge in [-0.1, -0.05) is 6.07 Å². The Morgan fingerprint density at radius 3 is 2.19 bits per heavy atom. The number of ether oxygens (including phenoxy) is 1. The molecule has 3 heteroatoms. The van der Waals surface area contributed by atoms with Gasteiger partial charge in [0.2, 0.25) is 0 Å². The predicted octanol–water partition coefficient (Wildman–Crippen LogP) is 2.36. The Morgan fingerprint density at radius 1 is 1.06 bits per heavy atom. The molecule has 16 heavy (non-hydrogen) atoms. The zero-order valence-corrected chi connectivity index (χ0v) is 10.1. The Labute approximate surface area is 95.4 Å². The first kappa shape index (κ1) is 12.4. The summed E-state index contributed by atoms with van der Waals surface area (Å²) in [6, 6.07) is 3.79. The van der Waals surface area contributed by atoms with E-state index in [0.29, 0.717) is 5.56 Å². The van der Waals surface area contributed by atoms with Crippen molar-refractivity contribution < 1.29 is 14.3 Å². The fourth-order valence-corrected chi connectivity index (χ4v) is 1.56. The number of Topliss-reactive ketones (excluding diaryl/α,β-unsaturated/α-hetero) is 1. The number of esters is 1. The van der Waals surface area contributed by atoms with E-state index in [9.17, 15) is 9.59 Å². The van der Waals surface area contributed by atoms with Gasteiger partial charge in [-0.25, -0.2) is 0 Å². The highest BCUT2D eigenvalue weighted by Gasteiger charge is 2.14. The molecule has 0 atom stereocenters. The number of hydrogen-bond acceptors (Lipinski definition) is 3. The molecule has 0 saturated carbocycles. The Hall–Kier alpha value is -1.64. The lowest BCUT2D eigenvalue weighted by molar-refractivity contribution is -0.139. The minimum atomic E-state index is -0.498. The van der Waals surface area contributed by atoms with Gasteiger partial charge in [-0.3, -0.25) is 9.59 Å². The van der Waals surface area contributed by atoms with Gasteiger partial charge < -0.3 is 4.74 Å². The quantitative estimate of drug-likeness (QED) is 0.446. The lowest BCUT2D eigenvalue weighted by atomic mass is 9.97. The fraction of sp³-hybridized carbons (Fsp3) is 0.385. The zero-order chi connectivity index (χ0) is 12.3. The van der Waals surface area contributed by atoms with Crippen LogP contribution in [0.3, 0.4) is 0 Å². The van der Waals surface area contributed by atoms with E-state index in [1.807, 2.05) is 32.9 Å². The maximum Gasteiger partial charge on any atom is 0.313 e. The first-order valence-electron chi connectivity index (χ1n) is 5.13. The van der Waals surface area contributed by atoms with E-state index < -0.39 is 5.97 Å². The molecule has 0 radical (unpaired) electrons. The summed E-state index contributed by atoms with van der Waals surface area (Å²) in [6.07, 6.45) is -0.195. The molecule has 0 bridgehead atoms. The highest BCUT2D eigenvalue weighted by molar-refractivity contribution is 6.06. The number of carbonyl (C=O) groups excluding carboxylic acids is 2. The first-order valence-corrected chi connectivity index (χ1v) is 5.13. The molecule has 0 aliphatic carbocycles. The number of aryl methyl sites for hydroxylation is 3. The Balaban J connectivity index is 3.00. The van der Waals surface area contributed by atoms with Crippen LogP contribution in [0.4, 0.5) is 0 Å². The van der Waals surface area contributed by atoms with Crippen LogP contribution in [-0.2, 0) is 9.53 Å². The molecule has 0 amide bonds. The lowest BCUT2D eigenvalue weighted by Crippen LogP contribution is -2.11. The van der Waals surface area contributed by atoms with Crippen molar-refractivity contribution in [2.24, 2.45) is 0 Å². The summed E-state index contributed by atoms with van der Waals surface area (Å²) in [5.41, 5.74) is 3.71. The second kappa shape index (κ2) is 4.92. The summed E-state index contributed by atoms with van der Waals surface area (Å²) in [5.74, 6) is -0.685. The van der Waals surface area contributed by atoms with Gasteiger partial charge in [0.05, 0.1) is 7.11 Å². The molecule has 3 nitrogen and oxygen atoms in total. The maximum absolute atomic E-state index is 11.8. The molecule has 0 aromatic heterocycles. The smallest absolute Gasteiger partial charge is 0.313 e. The highest BCUT2D eigenvalue weighted by atomic mass is 16.5. The van der Waals surface area contributed by atoms with Gasteiger partial charge in [-0.05, 0) is 43.5 Å². The number of hydrogen-bond donors (Lipinski definition) is 0. The summed E-state index contributed by atoms with van der Waals surface area (Å²) in [5, 5.41) is 0. The Morgan fingerprint density at radius 2 is 1.62 bits per heavy atom. The predicted molar refractivity (Wildman–Crippen MR) is 61.6 cm³/mol. The van der Waals surface area contributed by atoms with Crippen LogP contribution in [0.1, 0.15) is 33.5 Å². The molecule has 0 N–H and O–H groups in total. The van der Waals surface area contributed by atoms with Gasteiger partial charge in [0.25, 0.3) is 0 Å². The topological polar surface area (TPSA) is 43.4 Å². The van der Waals surface area contributed by atoms with Gasteiger partial charge in [0, 0.05) is 5.56 Å². The molecule has 1 aromatic carbocycles. The average molecular weight is 220 g/mol. The minimum absolute atomic E-state index is 0.188. The van der Waals surface area contributed by atoms with E-state index in [1.54, 1.807) is 0 Å². The second-order valence-corrected chi connectivity index (χ2v) is 3.93. The summed E-state index contributed by atoms with van der Waals surface area (Å²) in [6.45, 7) is 5.82. The molecule has 86 valence electrons. The van der Waals surface area contributed by atoms with Crippen LogP contribution < -0.4 is 0 Å². The summed E-state index contributed by atoms with van der Waals surface area (Å²) in [4.78, 5) is 22.8. The number of benzene rings is 1. The van der Waals surface area contributed by atoms with Gasteiger partial charge in [0.1, 0.15) is 6.42 Å². The molecule has 1 aromatic rings. The van der Waals surface area contributed by atoms with Crippen molar-refractivity contribution in [1.29, 1.82) is 0 Å². The first-order chi connectivity index (χ1) is 7.45. The van der Waals surface area contributed by atoms with Crippen molar-refractivity contribution in [2.75, 3.05) is 7.11 Å². The van der Waals surface area contributed by atoms with E-state index in [2.05, 4.69) is 4.74 Å². The maximum atomic E-state index is 11.8. The minimum Gasteiger partial charge on any atom is -0.469 e. The Bertz CT molecular complexity index is 433. The third-order valence-electron chi connectivity index (χ3n) is 2.67. The molecule has 0 fully saturated rings. The second-order valence-electron chi connectivity index (χ2n) is 3.93. The molecule has 0 saturated heterocycles. The molecule has 0 unspecified atom stereocenters.